The highest BCUT2D eigenvalue weighted by molar-refractivity contribution is 7.10. The predicted molar refractivity (Wildman–Crippen MR) is 105 cm³/mol. The SMILES string of the molecule is CCCC(=O)N1CCC(C(=O)NCC(c2cccs2)N2CCCC2)CC1. The van der Waals surface area contributed by atoms with E-state index in [2.05, 4.69) is 27.7 Å². The molecule has 0 spiro atoms. The van der Waals surface area contributed by atoms with Crippen molar-refractivity contribution in [1.82, 2.24) is 15.1 Å². The van der Waals surface area contributed by atoms with E-state index in [0.717, 1.165) is 45.4 Å². The third kappa shape index (κ3) is 4.86. The fourth-order valence-corrected chi connectivity index (χ4v) is 4.91. The number of carbonyl (C=O) groups excluding carboxylic acids is 2. The highest BCUT2D eigenvalue weighted by Crippen LogP contribution is 2.28. The molecule has 3 heterocycles. The average molecular weight is 378 g/mol. The number of rotatable bonds is 7. The molecule has 1 aromatic heterocycles. The van der Waals surface area contributed by atoms with E-state index >= 15 is 0 Å². The van der Waals surface area contributed by atoms with Gasteiger partial charge in [0.05, 0.1) is 6.04 Å². The molecule has 0 saturated carbocycles. The van der Waals surface area contributed by atoms with Crippen LogP contribution in [0.15, 0.2) is 17.5 Å². The summed E-state index contributed by atoms with van der Waals surface area (Å²) in [6.45, 7) is 6.40. The first-order valence-corrected chi connectivity index (χ1v) is 10.9. The number of likely N-dealkylation sites (tertiary alicyclic amines) is 2. The maximum atomic E-state index is 12.7. The Morgan fingerprint density at radius 2 is 1.96 bits per heavy atom. The standard InChI is InChI=1S/C20H31N3O2S/c1-2-6-19(24)23-12-8-16(9-13-23)20(25)21-15-17(18-7-5-14-26-18)22-10-3-4-11-22/h5,7,14,16-17H,2-4,6,8-13,15H2,1H3,(H,21,25). The summed E-state index contributed by atoms with van der Waals surface area (Å²) < 4.78 is 0. The minimum absolute atomic E-state index is 0.0447. The monoisotopic (exact) mass is 377 g/mol. The molecular weight excluding hydrogens is 346 g/mol. The molecule has 0 aliphatic carbocycles. The smallest absolute Gasteiger partial charge is 0.223 e. The van der Waals surface area contributed by atoms with Gasteiger partial charge >= 0.3 is 0 Å². The number of nitrogens with zero attached hydrogens (tertiary/aromatic N) is 2. The van der Waals surface area contributed by atoms with Crippen LogP contribution in [-0.4, -0.2) is 54.3 Å². The van der Waals surface area contributed by atoms with Crippen LogP contribution in [0, 0.1) is 5.92 Å². The second-order valence-electron chi connectivity index (χ2n) is 7.42. The number of hydrogen-bond donors (Lipinski definition) is 1. The van der Waals surface area contributed by atoms with Crippen molar-refractivity contribution >= 4 is 23.2 Å². The summed E-state index contributed by atoms with van der Waals surface area (Å²) in [6.07, 6.45) is 5.58. The van der Waals surface area contributed by atoms with Gasteiger partial charge in [-0.05, 0) is 56.6 Å². The van der Waals surface area contributed by atoms with Crippen LogP contribution < -0.4 is 5.32 Å². The average Bonchev–Trinajstić information content (AvgIpc) is 3.36. The number of hydrogen-bond acceptors (Lipinski definition) is 4. The van der Waals surface area contributed by atoms with E-state index in [1.165, 1.54) is 17.7 Å². The van der Waals surface area contributed by atoms with Gasteiger partial charge in [-0.15, -0.1) is 11.3 Å². The Morgan fingerprint density at radius 3 is 2.58 bits per heavy atom. The topological polar surface area (TPSA) is 52.7 Å². The molecule has 5 nitrogen and oxygen atoms in total. The van der Waals surface area contributed by atoms with Crippen LogP contribution >= 0.6 is 11.3 Å². The zero-order chi connectivity index (χ0) is 18.4. The van der Waals surface area contributed by atoms with Gasteiger partial charge in [-0.3, -0.25) is 14.5 Å². The fraction of sp³-hybridized carbons (Fsp3) is 0.700. The number of carbonyl (C=O) groups is 2. The fourth-order valence-electron chi connectivity index (χ4n) is 4.05. The van der Waals surface area contributed by atoms with Gasteiger partial charge in [0.2, 0.25) is 11.8 Å². The Morgan fingerprint density at radius 1 is 1.23 bits per heavy atom. The van der Waals surface area contributed by atoms with Gasteiger partial charge in [-0.25, -0.2) is 0 Å². The van der Waals surface area contributed by atoms with E-state index in [1.807, 2.05) is 11.8 Å². The first-order valence-electron chi connectivity index (χ1n) is 10.0. The third-order valence-corrected chi connectivity index (χ3v) is 6.58. The number of thiophene rings is 1. The second kappa shape index (κ2) is 9.51. The van der Waals surface area contributed by atoms with E-state index in [4.69, 9.17) is 0 Å². The van der Waals surface area contributed by atoms with E-state index in [1.54, 1.807) is 11.3 Å². The van der Waals surface area contributed by atoms with Gasteiger partial charge in [0.15, 0.2) is 0 Å². The Kier molecular flexibility index (Phi) is 7.08. The van der Waals surface area contributed by atoms with Crippen LogP contribution in [0.1, 0.15) is 56.4 Å². The lowest BCUT2D eigenvalue weighted by molar-refractivity contribution is -0.135. The molecule has 1 atom stereocenters. The number of nitrogens with one attached hydrogen (secondary N) is 1. The number of piperidine rings is 1. The minimum atomic E-state index is 0.0447. The third-order valence-electron chi connectivity index (χ3n) is 5.60. The Labute approximate surface area is 160 Å². The molecule has 3 rings (SSSR count). The van der Waals surface area contributed by atoms with E-state index in [9.17, 15) is 9.59 Å². The van der Waals surface area contributed by atoms with E-state index < -0.39 is 0 Å². The summed E-state index contributed by atoms with van der Waals surface area (Å²) >= 11 is 1.78. The van der Waals surface area contributed by atoms with Crippen molar-refractivity contribution in [3.63, 3.8) is 0 Å². The molecule has 2 aliphatic rings. The highest BCUT2D eigenvalue weighted by atomic mass is 32.1. The first kappa shape index (κ1) is 19.4. The molecule has 144 valence electrons. The van der Waals surface area contributed by atoms with Crippen LogP contribution in [0.2, 0.25) is 0 Å². The lowest BCUT2D eigenvalue weighted by Gasteiger charge is -2.32. The van der Waals surface area contributed by atoms with Crippen molar-refractivity contribution in [2.24, 2.45) is 5.92 Å². The highest BCUT2D eigenvalue weighted by Gasteiger charge is 2.29. The molecule has 2 fully saturated rings. The molecule has 0 bridgehead atoms. The molecule has 1 aromatic rings. The predicted octanol–water partition coefficient (Wildman–Crippen LogP) is 3.04. The molecule has 0 radical (unpaired) electrons. The molecule has 2 amide bonds. The zero-order valence-corrected chi connectivity index (χ0v) is 16.6. The summed E-state index contributed by atoms with van der Waals surface area (Å²) in [6, 6.07) is 4.57. The second-order valence-corrected chi connectivity index (χ2v) is 8.40. The minimum Gasteiger partial charge on any atom is -0.354 e. The van der Waals surface area contributed by atoms with Gasteiger partial charge < -0.3 is 10.2 Å². The van der Waals surface area contributed by atoms with Gasteiger partial charge in [0.1, 0.15) is 0 Å². The lowest BCUT2D eigenvalue weighted by Crippen LogP contribution is -2.44. The van der Waals surface area contributed by atoms with Crippen LogP contribution in [0.3, 0.4) is 0 Å². The van der Waals surface area contributed by atoms with Crippen molar-refractivity contribution < 1.29 is 9.59 Å². The first-order chi connectivity index (χ1) is 12.7. The molecule has 2 aliphatic heterocycles. The molecule has 2 saturated heterocycles. The zero-order valence-electron chi connectivity index (χ0n) is 15.8. The van der Waals surface area contributed by atoms with Crippen molar-refractivity contribution in [3.05, 3.63) is 22.4 Å². The van der Waals surface area contributed by atoms with Crippen LogP contribution in [0.5, 0.6) is 0 Å². The largest absolute Gasteiger partial charge is 0.354 e. The van der Waals surface area contributed by atoms with Gasteiger partial charge in [0.25, 0.3) is 0 Å². The van der Waals surface area contributed by atoms with Crippen molar-refractivity contribution in [2.75, 3.05) is 32.7 Å². The van der Waals surface area contributed by atoms with Crippen LogP contribution in [-0.2, 0) is 9.59 Å². The van der Waals surface area contributed by atoms with Gasteiger partial charge in [0, 0.05) is 36.9 Å². The molecule has 1 N–H and O–H groups in total. The summed E-state index contributed by atoms with van der Waals surface area (Å²) in [5.74, 6) is 0.440. The van der Waals surface area contributed by atoms with Crippen molar-refractivity contribution in [3.8, 4) is 0 Å². The number of amides is 2. The van der Waals surface area contributed by atoms with Crippen LogP contribution in [0.25, 0.3) is 0 Å². The van der Waals surface area contributed by atoms with Crippen molar-refractivity contribution in [1.29, 1.82) is 0 Å². The van der Waals surface area contributed by atoms with Crippen molar-refractivity contribution in [2.45, 2.75) is 51.5 Å². The molecule has 26 heavy (non-hydrogen) atoms. The van der Waals surface area contributed by atoms with Gasteiger partial charge in [-0.2, -0.15) is 0 Å². The summed E-state index contributed by atoms with van der Waals surface area (Å²) in [5.41, 5.74) is 0. The molecule has 6 heteroatoms. The maximum absolute atomic E-state index is 12.7. The summed E-state index contributed by atoms with van der Waals surface area (Å²) in [4.78, 5) is 30.4. The Balaban J connectivity index is 1.49. The molecular formula is C20H31N3O2S. The normalized spacial score (nSPS) is 20.3. The maximum Gasteiger partial charge on any atom is 0.223 e. The molecule has 0 aromatic carbocycles. The summed E-state index contributed by atoms with van der Waals surface area (Å²) in [7, 11) is 0. The Bertz CT molecular complexity index is 576. The molecule has 1 unspecified atom stereocenters. The van der Waals surface area contributed by atoms with Gasteiger partial charge in [-0.1, -0.05) is 13.0 Å². The summed E-state index contributed by atoms with van der Waals surface area (Å²) in [5, 5.41) is 5.32. The quantitative estimate of drug-likeness (QED) is 0.795. The van der Waals surface area contributed by atoms with E-state index in [-0.39, 0.29) is 17.7 Å². The lowest BCUT2D eigenvalue weighted by atomic mass is 9.95. The van der Waals surface area contributed by atoms with Crippen LogP contribution in [0.4, 0.5) is 0 Å². The van der Waals surface area contributed by atoms with E-state index in [0.29, 0.717) is 19.0 Å². The Hall–Kier alpha value is -1.40.